The van der Waals surface area contributed by atoms with Crippen molar-refractivity contribution in [1.29, 1.82) is 0 Å². The predicted molar refractivity (Wildman–Crippen MR) is 102 cm³/mol. The number of aromatic nitrogens is 2. The van der Waals surface area contributed by atoms with Gasteiger partial charge in [0.25, 0.3) is 5.91 Å². The van der Waals surface area contributed by atoms with Crippen molar-refractivity contribution in [2.24, 2.45) is 0 Å². The highest BCUT2D eigenvalue weighted by Crippen LogP contribution is 2.38. The van der Waals surface area contributed by atoms with Gasteiger partial charge in [0.05, 0.1) is 21.3 Å². The van der Waals surface area contributed by atoms with E-state index in [1.165, 1.54) is 21.3 Å². The molecule has 1 aromatic heterocycles. The van der Waals surface area contributed by atoms with Gasteiger partial charge in [0.1, 0.15) is 0 Å². The van der Waals surface area contributed by atoms with Gasteiger partial charge in [-0.25, -0.2) is 9.97 Å². The van der Waals surface area contributed by atoms with E-state index in [9.17, 15) is 4.79 Å². The van der Waals surface area contributed by atoms with Crippen LogP contribution in [0.5, 0.6) is 17.2 Å². The van der Waals surface area contributed by atoms with Gasteiger partial charge in [-0.15, -0.1) is 0 Å². The number of carbonyl (C=O) groups is 1. The SMILES string of the molecule is COc1cc(C(=O)Nc2ncc(-c3ccccc3)cn2)cc(OC)c1OC. The smallest absolute Gasteiger partial charge is 0.258 e. The molecule has 0 aliphatic rings. The van der Waals surface area contributed by atoms with Gasteiger partial charge < -0.3 is 14.2 Å². The van der Waals surface area contributed by atoms with Crippen LogP contribution in [0.1, 0.15) is 10.4 Å². The van der Waals surface area contributed by atoms with Crippen LogP contribution >= 0.6 is 0 Å². The molecular formula is C20H19N3O4. The third-order valence-corrected chi connectivity index (χ3v) is 3.91. The van der Waals surface area contributed by atoms with E-state index < -0.39 is 0 Å². The van der Waals surface area contributed by atoms with E-state index >= 15 is 0 Å². The molecule has 2 aromatic carbocycles. The molecule has 7 heteroatoms. The van der Waals surface area contributed by atoms with Gasteiger partial charge in [-0.2, -0.15) is 0 Å². The van der Waals surface area contributed by atoms with Crippen LogP contribution in [0.15, 0.2) is 54.9 Å². The second-order valence-electron chi connectivity index (χ2n) is 5.53. The Kier molecular flexibility index (Phi) is 5.51. The molecule has 0 saturated carbocycles. The zero-order valence-electron chi connectivity index (χ0n) is 15.2. The van der Waals surface area contributed by atoms with E-state index in [4.69, 9.17) is 14.2 Å². The lowest BCUT2D eigenvalue weighted by molar-refractivity contribution is 0.102. The molecule has 1 N–H and O–H groups in total. The number of benzene rings is 2. The molecule has 0 fully saturated rings. The number of rotatable bonds is 6. The zero-order valence-corrected chi connectivity index (χ0v) is 15.2. The molecule has 138 valence electrons. The van der Waals surface area contributed by atoms with Gasteiger partial charge in [-0.1, -0.05) is 30.3 Å². The largest absolute Gasteiger partial charge is 0.493 e. The minimum atomic E-state index is -0.387. The van der Waals surface area contributed by atoms with Crippen LogP contribution in [0.2, 0.25) is 0 Å². The van der Waals surface area contributed by atoms with E-state index in [2.05, 4.69) is 15.3 Å². The topological polar surface area (TPSA) is 82.6 Å². The normalized spacial score (nSPS) is 10.2. The van der Waals surface area contributed by atoms with E-state index in [1.54, 1.807) is 24.5 Å². The Balaban J connectivity index is 1.81. The van der Waals surface area contributed by atoms with Gasteiger partial charge in [0.15, 0.2) is 11.5 Å². The Morgan fingerprint density at radius 1 is 0.852 bits per heavy atom. The van der Waals surface area contributed by atoms with Gasteiger partial charge in [-0.3, -0.25) is 10.1 Å². The number of nitrogens with one attached hydrogen (secondary N) is 1. The number of nitrogens with zero attached hydrogens (tertiary/aromatic N) is 2. The Hall–Kier alpha value is -3.61. The highest BCUT2D eigenvalue weighted by molar-refractivity contribution is 6.04. The molecular weight excluding hydrogens is 346 g/mol. The molecule has 0 radical (unpaired) electrons. The standard InChI is InChI=1S/C20H19N3O4/c1-25-16-9-14(10-17(26-2)18(16)27-3)19(24)23-20-21-11-15(12-22-20)13-7-5-4-6-8-13/h4-12H,1-3H3,(H,21,22,23,24). The maximum atomic E-state index is 12.6. The van der Waals surface area contributed by atoms with E-state index in [1.807, 2.05) is 30.3 Å². The van der Waals surface area contributed by atoms with Crippen LogP contribution in [0.3, 0.4) is 0 Å². The van der Waals surface area contributed by atoms with Crippen molar-refractivity contribution in [3.05, 3.63) is 60.4 Å². The van der Waals surface area contributed by atoms with Crippen molar-refractivity contribution in [3.8, 4) is 28.4 Å². The second-order valence-corrected chi connectivity index (χ2v) is 5.53. The summed E-state index contributed by atoms with van der Waals surface area (Å²) in [7, 11) is 4.48. The quantitative estimate of drug-likeness (QED) is 0.721. The summed E-state index contributed by atoms with van der Waals surface area (Å²) >= 11 is 0. The summed E-state index contributed by atoms with van der Waals surface area (Å²) in [6, 6.07) is 12.9. The maximum absolute atomic E-state index is 12.6. The summed E-state index contributed by atoms with van der Waals surface area (Å²) in [5.41, 5.74) is 2.20. The molecule has 0 bridgehead atoms. The molecule has 7 nitrogen and oxygen atoms in total. The molecule has 3 rings (SSSR count). The fourth-order valence-electron chi connectivity index (χ4n) is 2.56. The molecule has 27 heavy (non-hydrogen) atoms. The van der Waals surface area contributed by atoms with Gasteiger partial charge in [0, 0.05) is 23.5 Å². The molecule has 0 spiro atoms. The van der Waals surface area contributed by atoms with Crippen molar-refractivity contribution < 1.29 is 19.0 Å². The molecule has 0 aliphatic heterocycles. The zero-order chi connectivity index (χ0) is 19.2. The number of hydrogen-bond acceptors (Lipinski definition) is 6. The van der Waals surface area contributed by atoms with Gasteiger partial charge in [-0.05, 0) is 17.7 Å². The number of hydrogen-bond donors (Lipinski definition) is 1. The Labute approximate surface area is 156 Å². The number of anilines is 1. The third kappa shape index (κ3) is 3.98. The van der Waals surface area contributed by atoms with Crippen LogP contribution in [-0.4, -0.2) is 37.2 Å². The number of amides is 1. The van der Waals surface area contributed by atoms with Crippen LogP contribution < -0.4 is 19.5 Å². The molecule has 3 aromatic rings. The number of ether oxygens (including phenoxy) is 3. The first-order valence-electron chi connectivity index (χ1n) is 8.15. The van der Waals surface area contributed by atoms with Gasteiger partial charge in [0.2, 0.25) is 11.7 Å². The van der Waals surface area contributed by atoms with E-state index in [0.29, 0.717) is 22.8 Å². The van der Waals surface area contributed by atoms with E-state index in [0.717, 1.165) is 11.1 Å². The Bertz CT molecular complexity index is 903. The summed E-state index contributed by atoms with van der Waals surface area (Å²) in [6.45, 7) is 0. The van der Waals surface area contributed by atoms with Crippen molar-refractivity contribution in [2.45, 2.75) is 0 Å². The molecule has 0 saturated heterocycles. The van der Waals surface area contributed by atoms with Crippen molar-refractivity contribution in [2.75, 3.05) is 26.6 Å². The number of methoxy groups -OCH3 is 3. The van der Waals surface area contributed by atoms with Crippen molar-refractivity contribution >= 4 is 11.9 Å². The lowest BCUT2D eigenvalue weighted by Gasteiger charge is -2.13. The first-order chi connectivity index (χ1) is 13.2. The van der Waals surface area contributed by atoms with Crippen LogP contribution in [-0.2, 0) is 0 Å². The molecule has 0 aliphatic carbocycles. The summed E-state index contributed by atoms with van der Waals surface area (Å²) in [5, 5.41) is 2.66. The number of carbonyl (C=O) groups excluding carboxylic acids is 1. The Morgan fingerprint density at radius 2 is 1.44 bits per heavy atom. The average molecular weight is 365 g/mol. The second kappa shape index (κ2) is 8.18. The summed E-state index contributed by atoms with van der Waals surface area (Å²) in [4.78, 5) is 21.0. The minimum absolute atomic E-state index is 0.202. The third-order valence-electron chi connectivity index (χ3n) is 3.91. The molecule has 0 atom stereocenters. The van der Waals surface area contributed by atoms with Crippen LogP contribution in [0, 0.1) is 0 Å². The molecule has 0 unspecified atom stereocenters. The van der Waals surface area contributed by atoms with E-state index in [-0.39, 0.29) is 11.9 Å². The van der Waals surface area contributed by atoms with Crippen molar-refractivity contribution in [3.63, 3.8) is 0 Å². The van der Waals surface area contributed by atoms with Gasteiger partial charge >= 0.3 is 0 Å². The van der Waals surface area contributed by atoms with Crippen LogP contribution in [0.4, 0.5) is 5.95 Å². The monoisotopic (exact) mass is 365 g/mol. The van der Waals surface area contributed by atoms with Crippen LogP contribution in [0.25, 0.3) is 11.1 Å². The summed E-state index contributed by atoms with van der Waals surface area (Å²) in [5.74, 6) is 1.01. The fourth-order valence-corrected chi connectivity index (χ4v) is 2.56. The molecule has 1 amide bonds. The van der Waals surface area contributed by atoms with Crippen molar-refractivity contribution in [1.82, 2.24) is 9.97 Å². The molecule has 1 heterocycles. The lowest BCUT2D eigenvalue weighted by atomic mass is 10.1. The fraction of sp³-hybridized carbons (Fsp3) is 0.150. The minimum Gasteiger partial charge on any atom is -0.493 e. The Morgan fingerprint density at radius 3 is 1.96 bits per heavy atom. The maximum Gasteiger partial charge on any atom is 0.258 e. The predicted octanol–water partition coefficient (Wildman–Crippen LogP) is 3.42. The lowest BCUT2D eigenvalue weighted by Crippen LogP contribution is -2.14. The summed E-state index contributed by atoms with van der Waals surface area (Å²) < 4.78 is 15.8. The highest BCUT2D eigenvalue weighted by atomic mass is 16.5. The first kappa shape index (κ1) is 18.2. The summed E-state index contributed by atoms with van der Waals surface area (Å²) in [6.07, 6.45) is 3.32. The average Bonchev–Trinajstić information content (AvgIpc) is 2.73. The first-order valence-corrected chi connectivity index (χ1v) is 8.15. The highest BCUT2D eigenvalue weighted by Gasteiger charge is 2.17.